The molecule has 1 unspecified atom stereocenters. The summed E-state index contributed by atoms with van der Waals surface area (Å²) in [5, 5.41) is 5.16. The maximum atomic E-state index is 11.5. The van der Waals surface area contributed by atoms with E-state index in [-0.39, 0.29) is 10.4 Å². The van der Waals surface area contributed by atoms with Crippen LogP contribution in [0.4, 0.5) is 5.69 Å². The standard InChI is InChI=1S/C10H16ClN3O2S/c1-8(11)14(7-6-12)9-4-2-3-5-10(9)17(13,15)16/h2-5,8H,6-7,12H2,1H3,(H2,13,15,16). The van der Waals surface area contributed by atoms with Gasteiger partial charge in [0.2, 0.25) is 10.0 Å². The molecule has 96 valence electrons. The fourth-order valence-electron chi connectivity index (χ4n) is 1.56. The zero-order valence-corrected chi connectivity index (χ0v) is 11.1. The first-order chi connectivity index (χ1) is 7.88. The lowest BCUT2D eigenvalue weighted by Crippen LogP contribution is -2.35. The van der Waals surface area contributed by atoms with E-state index in [4.69, 9.17) is 22.5 Å². The van der Waals surface area contributed by atoms with E-state index in [2.05, 4.69) is 0 Å². The fraction of sp³-hybridized carbons (Fsp3) is 0.400. The Balaban J connectivity index is 3.29. The van der Waals surface area contributed by atoms with Crippen molar-refractivity contribution in [3.63, 3.8) is 0 Å². The van der Waals surface area contributed by atoms with Crippen molar-refractivity contribution in [2.75, 3.05) is 18.0 Å². The molecule has 0 saturated carbocycles. The van der Waals surface area contributed by atoms with Gasteiger partial charge in [-0.25, -0.2) is 13.6 Å². The van der Waals surface area contributed by atoms with Crippen molar-refractivity contribution in [2.45, 2.75) is 17.3 Å². The second kappa shape index (κ2) is 5.68. The number of benzene rings is 1. The fourth-order valence-corrected chi connectivity index (χ4v) is 2.51. The number of para-hydroxylation sites is 1. The number of halogens is 1. The minimum atomic E-state index is -3.77. The molecule has 7 heteroatoms. The molecule has 0 aliphatic carbocycles. The molecule has 17 heavy (non-hydrogen) atoms. The highest BCUT2D eigenvalue weighted by atomic mass is 35.5. The van der Waals surface area contributed by atoms with Gasteiger partial charge in [-0.3, -0.25) is 0 Å². The largest absolute Gasteiger partial charge is 0.353 e. The summed E-state index contributed by atoms with van der Waals surface area (Å²) in [5.41, 5.74) is 5.58. The molecule has 1 aromatic rings. The van der Waals surface area contributed by atoms with E-state index >= 15 is 0 Å². The Hall–Kier alpha value is -0.820. The third kappa shape index (κ3) is 3.57. The average molecular weight is 278 g/mol. The van der Waals surface area contributed by atoms with E-state index < -0.39 is 10.0 Å². The lowest BCUT2D eigenvalue weighted by molar-refractivity contribution is 0.597. The van der Waals surface area contributed by atoms with Crippen LogP contribution in [0.2, 0.25) is 0 Å². The van der Waals surface area contributed by atoms with Gasteiger partial charge in [-0.1, -0.05) is 23.7 Å². The minimum Gasteiger partial charge on any atom is -0.353 e. The Bertz CT molecular complexity index is 476. The van der Waals surface area contributed by atoms with Crippen LogP contribution in [0.25, 0.3) is 0 Å². The Kier molecular flexibility index (Phi) is 4.76. The lowest BCUT2D eigenvalue weighted by atomic mass is 10.3. The van der Waals surface area contributed by atoms with Crippen molar-refractivity contribution >= 4 is 27.3 Å². The number of alkyl halides is 1. The summed E-state index contributed by atoms with van der Waals surface area (Å²) in [6, 6.07) is 6.46. The van der Waals surface area contributed by atoms with Gasteiger partial charge in [-0.05, 0) is 19.1 Å². The first-order valence-corrected chi connectivity index (χ1v) is 7.09. The molecule has 0 aliphatic rings. The van der Waals surface area contributed by atoms with Gasteiger partial charge in [-0.2, -0.15) is 0 Å². The second-order valence-corrected chi connectivity index (χ2v) is 5.73. The quantitative estimate of drug-likeness (QED) is 0.612. The molecule has 0 heterocycles. The third-order valence-corrected chi connectivity index (χ3v) is 3.47. The predicted molar refractivity (Wildman–Crippen MR) is 69.5 cm³/mol. The monoisotopic (exact) mass is 277 g/mol. The Labute approximate surface area is 106 Å². The van der Waals surface area contributed by atoms with Crippen molar-refractivity contribution in [3.05, 3.63) is 24.3 Å². The van der Waals surface area contributed by atoms with Gasteiger partial charge in [0.05, 0.1) is 5.69 Å². The van der Waals surface area contributed by atoms with Crippen LogP contribution in [0.1, 0.15) is 6.92 Å². The highest BCUT2D eigenvalue weighted by Crippen LogP contribution is 2.26. The van der Waals surface area contributed by atoms with Gasteiger partial charge in [0.15, 0.2) is 0 Å². The van der Waals surface area contributed by atoms with E-state index in [1.807, 2.05) is 0 Å². The number of rotatable bonds is 5. The molecular weight excluding hydrogens is 262 g/mol. The van der Waals surface area contributed by atoms with Gasteiger partial charge < -0.3 is 10.6 Å². The van der Waals surface area contributed by atoms with Gasteiger partial charge in [0.25, 0.3) is 0 Å². The molecule has 1 aromatic carbocycles. The second-order valence-electron chi connectivity index (χ2n) is 3.57. The molecule has 0 amide bonds. The van der Waals surface area contributed by atoms with Crippen LogP contribution in [-0.2, 0) is 10.0 Å². The maximum Gasteiger partial charge on any atom is 0.240 e. The normalized spacial score (nSPS) is 13.4. The molecule has 0 fully saturated rings. The number of anilines is 1. The molecule has 0 aliphatic heterocycles. The predicted octanol–water partition coefficient (Wildman–Crippen LogP) is 0.684. The Morgan fingerprint density at radius 2 is 2.00 bits per heavy atom. The molecule has 5 nitrogen and oxygen atoms in total. The molecular formula is C10H16ClN3O2S. The number of hydrogen-bond donors (Lipinski definition) is 2. The number of nitrogens with zero attached hydrogens (tertiary/aromatic N) is 1. The molecule has 1 atom stereocenters. The van der Waals surface area contributed by atoms with Crippen molar-refractivity contribution in [1.82, 2.24) is 0 Å². The van der Waals surface area contributed by atoms with Crippen molar-refractivity contribution in [2.24, 2.45) is 10.9 Å². The molecule has 0 aromatic heterocycles. The smallest absolute Gasteiger partial charge is 0.240 e. The first-order valence-electron chi connectivity index (χ1n) is 5.10. The van der Waals surface area contributed by atoms with Gasteiger partial charge in [-0.15, -0.1) is 0 Å². The summed E-state index contributed by atoms with van der Waals surface area (Å²) < 4.78 is 22.9. The topological polar surface area (TPSA) is 89.4 Å². The van der Waals surface area contributed by atoms with Crippen LogP contribution in [0.3, 0.4) is 0 Å². The summed E-state index contributed by atoms with van der Waals surface area (Å²) in [4.78, 5) is 1.75. The third-order valence-electron chi connectivity index (χ3n) is 2.28. The van der Waals surface area contributed by atoms with Crippen molar-refractivity contribution in [1.29, 1.82) is 0 Å². The molecule has 1 rings (SSSR count). The van der Waals surface area contributed by atoms with E-state index in [9.17, 15) is 8.42 Å². The highest BCUT2D eigenvalue weighted by molar-refractivity contribution is 7.89. The zero-order valence-electron chi connectivity index (χ0n) is 9.51. The summed E-state index contributed by atoms with van der Waals surface area (Å²) >= 11 is 6.01. The number of hydrogen-bond acceptors (Lipinski definition) is 4. The SMILES string of the molecule is CC(Cl)N(CCN)c1ccccc1S(N)(=O)=O. The minimum absolute atomic E-state index is 0.0564. The van der Waals surface area contributed by atoms with E-state index in [0.717, 1.165) is 0 Å². The Morgan fingerprint density at radius 3 is 2.47 bits per heavy atom. The van der Waals surface area contributed by atoms with Crippen LogP contribution in [0.5, 0.6) is 0 Å². The molecule has 0 spiro atoms. The molecule has 0 bridgehead atoms. The number of sulfonamides is 1. The molecule has 0 radical (unpaired) electrons. The number of primary sulfonamides is 1. The summed E-state index contributed by atoms with van der Waals surface area (Å²) in [7, 11) is -3.77. The molecule has 0 saturated heterocycles. The maximum absolute atomic E-state index is 11.5. The van der Waals surface area contributed by atoms with E-state index in [1.54, 1.807) is 30.0 Å². The summed E-state index contributed by atoms with van der Waals surface area (Å²) in [5.74, 6) is 0. The molecule has 4 N–H and O–H groups in total. The highest BCUT2D eigenvalue weighted by Gasteiger charge is 2.20. The van der Waals surface area contributed by atoms with Crippen LogP contribution in [0, 0.1) is 0 Å². The van der Waals surface area contributed by atoms with E-state index in [1.165, 1.54) is 6.07 Å². The first kappa shape index (κ1) is 14.2. The van der Waals surface area contributed by atoms with Gasteiger partial charge in [0, 0.05) is 13.1 Å². The zero-order chi connectivity index (χ0) is 13.1. The van der Waals surface area contributed by atoms with Crippen molar-refractivity contribution in [3.8, 4) is 0 Å². The summed E-state index contributed by atoms with van der Waals surface area (Å²) in [6.45, 7) is 2.57. The van der Waals surface area contributed by atoms with Crippen molar-refractivity contribution < 1.29 is 8.42 Å². The van der Waals surface area contributed by atoms with Gasteiger partial charge in [0.1, 0.15) is 10.4 Å². The lowest BCUT2D eigenvalue weighted by Gasteiger charge is -2.28. The number of nitrogens with two attached hydrogens (primary N) is 2. The van der Waals surface area contributed by atoms with Crippen LogP contribution in [-0.4, -0.2) is 27.0 Å². The van der Waals surface area contributed by atoms with Gasteiger partial charge >= 0.3 is 0 Å². The Morgan fingerprint density at radius 1 is 1.41 bits per heavy atom. The van der Waals surface area contributed by atoms with Crippen LogP contribution >= 0.6 is 11.6 Å². The van der Waals surface area contributed by atoms with Crippen LogP contribution < -0.4 is 15.8 Å². The van der Waals surface area contributed by atoms with Crippen LogP contribution in [0.15, 0.2) is 29.2 Å². The van der Waals surface area contributed by atoms with E-state index in [0.29, 0.717) is 18.8 Å². The summed E-state index contributed by atoms with van der Waals surface area (Å²) in [6.07, 6.45) is 0. The average Bonchev–Trinajstić information content (AvgIpc) is 2.24.